The molecule has 0 radical (unpaired) electrons. The Hall–Kier alpha value is -1.08. The molecule has 0 aliphatic carbocycles. The van der Waals surface area contributed by atoms with Gasteiger partial charge in [0.25, 0.3) is 0 Å². The van der Waals surface area contributed by atoms with E-state index in [1.165, 1.54) is 38.5 Å². The third-order valence-electron chi connectivity index (χ3n) is 6.31. The molecule has 0 saturated carbocycles. The number of rotatable bonds is 7. The van der Waals surface area contributed by atoms with Gasteiger partial charge in [-0.2, -0.15) is 0 Å². The maximum atomic E-state index is 3.99. The molecule has 1 heterocycles. The summed E-state index contributed by atoms with van der Waals surface area (Å²) in [6.07, 6.45) is 9.84. The van der Waals surface area contributed by atoms with Gasteiger partial charge in [-0.15, -0.1) is 0 Å². The Bertz CT molecular complexity index is 571. The van der Waals surface area contributed by atoms with Crippen LogP contribution in [-0.2, 0) is 12.8 Å². The van der Waals surface area contributed by atoms with E-state index < -0.39 is 0 Å². The molecule has 2 rings (SSSR count). The van der Waals surface area contributed by atoms with Gasteiger partial charge in [0, 0.05) is 12.1 Å². The van der Waals surface area contributed by atoms with Gasteiger partial charge in [0.2, 0.25) is 0 Å². The van der Waals surface area contributed by atoms with Crippen LogP contribution in [0.1, 0.15) is 90.0 Å². The first-order valence-corrected chi connectivity index (χ1v) is 10.5. The van der Waals surface area contributed by atoms with E-state index in [-0.39, 0.29) is 0 Å². The van der Waals surface area contributed by atoms with Gasteiger partial charge in [-0.05, 0) is 75.0 Å². The summed E-state index contributed by atoms with van der Waals surface area (Å²) in [6, 6.07) is 8.11. The Kier molecular flexibility index (Phi) is 7.75. The van der Waals surface area contributed by atoms with Crippen LogP contribution in [-0.4, -0.2) is 6.04 Å². The fraction of sp³-hybridized carbons (Fsp3) is 0.667. The molecule has 0 bridgehead atoms. The molecule has 4 unspecified atom stereocenters. The summed E-state index contributed by atoms with van der Waals surface area (Å²) in [7, 11) is 0. The molecule has 1 aromatic rings. The van der Waals surface area contributed by atoms with Crippen molar-refractivity contribution in [3.05, 3.63) is 46.5 Å². The first-order valence-electron chi connectivity index (χ1n) is 10.5. The third kappa shape index (κ3) is 4.76. The number of hydrogen-bond acceptors (Lipinski definition) is 1. The van der Waals surface area contributed by atoms with Gasteiger partial charge in [-0.3, -0.25) is 0 Å². The highest BCUT2D eigenvalue weighted by Gasteiger charge is 2.35. The first-order chi connectivity index (χ1) is 12.0. The molecule has 1 N–H and O–H groups in total. The normalized spacial score (nSPS) is 27.5. The number of hydrogen-bond donors (Lipinski definition) is 1. The van der Waals surface area contributed by atoms with Gasteiger partial charge in [-0.25, -0.2) is 0 Å². The lowest BCUT2D eigenvalue weighted by molar-refractivity contribution is 0.204. The molecule has 4 atom stereocenters. The van der Waals surface area contributed by atoms with Gasteiger partial charge in [0.1, 0.15) is 0 Å². The predicted molar refractivity (Wildman–Crippen MR) is 111 cm³/mol. The third-order valence-corrected chi connectivity index (χ3v) is 6.31. The molecule has 1 aliphatic heterocycles. The van der Waals surface area contributed by atoms with E-state index in [2.05, 4.69) is 71.1 Å². The van der Waals surface area contributed by atoms with Crippen molar-refractivity contribution in [2.45, 2.75) is 92.2 Å². The second-order valence-electron chi connectivity index (χ2n) is 8.12. The van der Waals surface area contributed by atoms with Crippen molar-refractivity contribution in [1.29, 1.82) is 0 Å². The molecular weight excluding hydrogens is 302 g/mol. The van der Waals surface area contributed by atoms with Crippen molar-refractivity contribution >= 4 is 0 Å². The summed E-state index contributed by atoms with van der Waals surface area (Å²) in [5.74, 6) is 1.35. The second kappa shape index (κ2) is 9.57. The number of allylic oxidation sites excluding steroid dienone is 1. The van der Waals surface area contributed by atoms with Crippen molar-refractivity contribution in [2.75, 3.05) is 0 Å². The van der Waals surface area contributed by atoms with Crippen molar-refractivity contribution in [1.82, 2.24) is 5.32 Å². The SMILES string of the molecule is C/C=C(/C)C1CC(C)C(C)NC1c1cccc(CCC)c1CCCC. The van der Waals surface area contributed by atoms with Crippen molar-refractivity contribution in [2.24, 2.45) is 11.8 Å². The van der Waals surface area contributed by atoms with Crippen LogP contribution in [0.25, 0.3) is 0 Å². The highest BCUT2D eigenvalue weighted by molar-refractivity contribution is 5.39. The second-order valence-corrected chi connectivity index (χ2v) is 8.12. The number of unbranched alkanes of at least 4 members (excludes halogenated alkanes) is 1. The van der Waals surface area contributed by atoms with E-state index in [0.717, 1.165) is 5.92 Å². The molecule has 1 aromatic carbocycles. The zero-order valence-electron chi connectivity index (χ0n) is 17.4. The Morgan fingerprint density at radius 1 is 1.16 bits per heavy atom. The number of nitrogens with one attached hydrogen (secondary N) is 1. The van der Waals surface area contributed by atoms with E-state index in [1.54, 1.807) is 22.3 Å². The average molecular weight is 342 g/mol. The standard InChI is InChI=1S/C24H39N/c1-7-10-14-21-20(12-8-2)13-11-15-22(21)24-23(17(4)9-3)16-18(5)19(6)25-24/h9,11,13,15,18-19,23-25H,7-8,10,12,14,16H2,1-6H3/b17-9-. The van der Waals surface area contributed by atoms with Gasteiger partial charge in [0.05, 0.1) is 0 Å². The summed E-state index contributed by atoms with van der Waals surface area (Å²) in [5.41, 5.74) is 6.33. The average Bonchev–Trinajstić information content (AvgIpc) is 2.62. The highest BCUT2D eigenvalue weighted by Crippen LogP contribution is 2.40. The molecule has 0 amide bonds. The zero-order chi connectivity index (χ0) is 18.4. The van der Waals surface area contributed by atoms with Gasteiger partial charge < -0.3 is 5.32 Å². The minimum atomic E-state index is 0.464. The number of benzene rings is 1. The Morgan fingerprint density at radius 3 is 2.56 bits per heavy atom. The van der Waals surface area contributed by atoms with Crippen molar-refractivity contribution < 1.29 is 0 Å². The van der Waals surface area contributed by atoms with Crippen LogP contribution >= 0.6 is 0 Å². The molecule has 1 saturated heterocycles. The molecule has 0 aromatic heterocycles. The first kappa shape index (κ1) is 20.2. The smallest absolute Gasteiger partial charge is 0.0391 e. The van der Waals surface area contributed by atoms with Gasteiger partial charge in [0.15, 0.2) is 0 Å². The molecular formula is C24H39N. The minimum Gasteiger partial charge on any atom is -0.307 e. The van der Waals surface area contributed by atoms with Gasteiger partial charge in [-0.1, -0.05) is 63.5 Å². The Balaban J connectivity index is 2.46. The Morgan fingerprint density at radius 2 is 1.92 bits per heavy atom. The fourth-order valence-electron chi connectivity index (χ4n) is 4.38. The lowest BCUT2D eigenvalue weighted by atomic mass is 9.74. The summed E-state index contributed by atoms with van der Waals surface area (Å²) >= 11 is 0. The highest BCUT2D eigenvalue weighted by atomic mass is 15.0. The molecule has 1 nitrogen and oxygen atoms in total. The quantitative estimate of drug-likeness (QED) is 0.549. The minimum absolute atomic E-state index is 0.464. The topological polar surface area (TPSA) is 12.0 Å². The summed E-state index contributed by atoms with van der Waals surface area (Å²) < 4.78 is 0. The molecule has 1 fully saturated rings. The molecule has 1 aliphatic rings. The number of piperidine rings is 1. The van der Waals surface area contributed by atoms with Crippen molar-refractivity contribution in [3.63, 3.8) is 0 Å². The summed E-state index contributed by atoms with van der Waals surface area (Å²) in [5, 5.41) is 3.99. The predicted octanol–water partition coefficient (Wildman–Crippen LogP) is 6.62. The van der Waals surface area contributed by atoms with Crippen LogP contribution in [0.15, 0.2) is 29.8 Å². The molecule has 1 heteroatoms. The van der Waals surface area contributed by atoms with Crippen LogP contribution in [0.4, 0.5) is 0 Å². The van der Waals surface area contributed by atoms with E-state index in [0.29, 0.717) is 18.0 Å². The van der Waals surface area contributed by atoms with E-state index in [4.69, 9.17) is 0 Å². The lowest BCUT2D eigenvalue weighted by Crippen LogP contribution is -2.45. The van der Waals surface area contributed by atoms with Crippen LogP contribution in [0.5, 0.6) is 0 Å². The van der Waals surface area contributed by atoms with Gasteiger partial charge >= 0.3 is 0 Å². The monoisotopic (exact) mass is 341 g/mol. The van der Waals surface area contributed by atoms with E-state index in [9.17, 15) is 0 Å². The van der Waals surface area contributed by atoms with Crippen LogP contribution in [0.3, 0.4) is 0 Å². The molecule has 140 valence electrons. The largest absolute Gasteiger partial charge is 0.307 e. The fourth-order valence-corrected chi connectivity index (χ4v) is 4.38. The van der Waals surface area contributed by atoms with E-state index >= 15 is 0 Å². The zero-order valence-corrected chi connectivity index (χ0v) is 17.4. The van der Waals surface area contributed by atoms with Crippen LogP contribution in [0.2, 0.25) is 0 Å². The van der Waals surface area contributed by atoms with Crippen molar-refractivity contribution in [3.8, 4) is 0 Å². The summed E-state index contributed by atoms with van der Waals surface area (Å²) in [4.78, 5) is 0. The molecule has 0 spiro atoms. The maximum absolute atomic E-state index is 3.99. The number of aryl methyl sites for hydroxylation is 1. The maximum Gasteiger partial charge on any atom is 0.0391 e. The van der Waals surface area contributed by atoms with Crippen LogP contribution in [0, 0.1) is 11.8 Å². The van der Waals surface area contributed by atoms with Crippen LogP contribution < -0.4 is 5.32 Å². The Labute approximate surface area is 156 Å². The van der Waals surface area contributed by atoms with E-state index in [1.807, 2.05) is 0 Å². The summed E-state index contributed by atoms with van der Waals surface area (Å²) in [6.45, 7) is 13.9. The molecule has 25 heavy (non-hydrogen) atoms. The lowest BCUT2D eigenvalue weighted by Gasteiger charge is -2.42.